The van der Waals surface area contributed by atoms with Crippen molar-refractivity contribution in [3.05, 3.63) is 48.0 Å². The molecule has 0 heterocycles. The molecule has 2 aromatic carbocycles. The van der Waals surface area contributed by atoms with Crippen molar-refractivity contribution in [1.29, 1.82) is 0 Å². The van der Waals surface area contributed by atoms with Crippen LogP contribution in [0, 0.1) is 0 Å². The number of rotatable bonds is 3. The van der Waals surface area contributed by atoms with Crippen LogP contribution in [0.5, 0.6) is 0 Å². The van der Waals surface area contributed by atoms with Crippen molar-refractivity contribution in [3.8, 4) is 0 Å². The van der Waals surface area contributed by atoms with Crippen molar-refractivity contribution in [2.45, 2.75) is 6.54 Å². The van der Waals surface area contributed by atoms with Gasteiger partial charge in [0, 0.05) is 25.0 Å². The Hall–Kier alpha value is -2.36. The zero-order chi connectivity index (χ0) is 13.1. The Morgan fingerprint density at radius 2 is 1.67 bits per heavy atom. The average molecular weight is 242 g/mol. The summed E-state index contributed by atoms with van der Waals surface area (Å²) in [7, 11) is 1.98. The maximum absolute atomic E-state index is 5.95. The van der Waals surface area contributed by atoms with Gasteiger partial charge in [-0.3, -0.25) is 0 Å². The van der Waals surface area contributed by atoms with Crippen molar-refractivity contribution in [2.24, 2.45) is 0 Å². The zero-order valence-electron chi connectivity index (χ0n) is 10.4. The van der Waals surface area contributed by atoms with Crippen molar-refractivity contribution in [3.63, 3.8) is 0 Å². The molecule has 2 aromatic rings. The van der Waals surface area contributed by atoms with Crippen LogP contribution in [0.1, 0.15) is 5.56 Å². The lowest BCUT2D eigenvalue weighted by Gasteiger charge is -2.22. The summed E-state index contributed by atoms with van der Waals surface area (Å²) in [6.07, 6.45) is 0. The fraction of sp³-hybridized carbons (Fsp3) is 0.143. The van der Waals surface area contributed by atoms with E-state index in [2.05, 4.69) is 4.90 Å². The van der Waals surface area contributed by atoms with Crippen LogP contribution in [0.3, 0.4) is 0 Å². The van der Waals surface area contributed by atoms with Gasteiger partial charge in [0.1, 0.15) is 0 Å². The van der Waals surface area contributed by atoms with Crippen LogP contribution in [-0.2, 0) is 6.54 Å². The molecular formula is C14H18N4. The van der Waals surface area contributed by atoms with Gasteiger partial charge in [-0.05, 0) is 35.9 Å². The first-order valence-corrected chi connectivity index (χ1v) is 5.77. The monoisotopic (exact) mass is 242 g/mol. The van der Waals surface area contributed by atoms with Crippen LogP contribution in [0.2, 0.25) is 0 Å². The smallest absolute Gasteiger partial charge is 0.0600 e. The van der Waals surface area contributed by atoms with Crippen molar-refractivity contribution < 1.29 is 0 Å². The largest absolute Gasteiger partial charge is 0.399 e. The normalized spacial score (nSPS) is 10.3. The van der Waals surface area contributed by atoms with Crippen LogP contribution in [0.25, 0.3) is 0 Å². The summed E-state index contributed by atoms with van der Waals surface area (Å²) < 4.78 is 0. The standard InChI is InChI=1S/C14H18N4/c1-18(14-5-3-2-4-13(14)17)9-10-8-11(15)6-7-12(10)16/h2-8H,9,15-17H2,1H3. The molecule has 0 amide bonds. The van der Waals surface area contributed by atoms with Gasteiger partial charge in [-0.2, -0.15) is 0 Å². The highest BCUT2D eigenvalue weighted by Crippen LogP contribution is 2.25. The van der Waals surface area contributed by atoms with Gasteiger partial charge in [0.05, 0.1) is 11.4 Å². The van der Waals surface area contributed by atoms with Crippen LogP contribution in [-0.4, -0.2) is 7.05 Å². The first kappa shape index (κ1) is 12.1. The molecule has 0 fully saturated rings. The van der Waals surface area contributed by atoms with Gasteiger partial charge in [0.25, 0.3) is 0 Å². The quantitative estimate of drug-likeness (QED) is 0.720. The SMILES string of the molecule is CN(Cc1cc(N)ccc1N)c1ccccc1N. The maximum atomic E-state index is 5.95. The Morgan fingerprint density at radius 1 is 0.944 bits per heavy atom. The van der Waals surface area contributed by atoms with E-state index in [0.717, 1.165) is 22.6 Å². The third kappa shape index (κ3) is 2.48. The second-order valence-electron chi connectivity index (χ2n) is 4.37. The van der Waals surface area contributed by atoms with Gasteiger partial charge in [0.15, 0.2) is 0 Å². The number of anilines is 4. The second-order valence-corrected chi connectivity index (χ2v) is 4.37. The molecule has 0 radical (unpaired) electrons. The molecule has 0 spiro atoms. The Morgan fingerprint density at radius 3 is 2.39 bits per heavy atom. The Bertz CT molecular complexity index is 551. The number of nitrogen functional groups attached to an aromatic ring is 3. The zero-order valence-corrected chi connectivity index (χ0v) is 10.4. The molecule has 0 aliphatic rings. The average Bonchev–Trinajstić information content (AvgIpc) is 2.34. The maximum Gasteiger partial charge on any atom is 0.0600 e. The number of nitrogens with two attached hydrogens (primary N) is 3. The van der Waals surface area contributed by atoms with Crippen LogP contribution >= 0.6 is 0 Å². The topological polar surface area (TPSA) is 81.3 Å². The van der Waals surface area contributed by atoms with Crippen molar-refractivity contribution in [2.75, 3.05) is 29.1 Å². The summed E-state index contributed by atoms with van der Waals surface area (Å²) in [5.41, 5.74) is 21.9. The van der Waals surface area contributed by atoms with Gasteiger partial charge in [-0.25, -0.2) is 0 Å². The highest BCUT2D eigenvalue weighted by Gasteiger charge is 2.07. The summed E-state index contributed by atoms with van der Waals surface area (Å²) in [4.78, 5) is 2.06. The third-order valence-electron chi connectivity index (χ3n) is 2.92. The first-order valence-electron chi connectivity index (χ1n) is 5.77. The molecule has 0 saturated heterocycles. The number of hydrogen-bond acceptors (Lipinski definition) is 4. The molecule has 6 N–H and O–H groups in total. The van der Waals surface area contributed by atoms with E-state index in [9.17, 15) is 0 Å². The van der Waals surface area contributed by atoms with Crippen LogP contribution in [0.4, 0.5) is 22.7 Å². The molecule has 0 atom stereocenters. The highest BCUT2D eigenvalue weighted by molar-refractivity contribution is 5.67. The molecule has 0 bridgehead atoms. The molecule has 94 valence electrons. The molecule has 0 aromatic heterocycles. The van der Waals surface area contributed by atoms with Gasteiger partial charge >= 0.3 is 0 Å². The predicted octanol–water partition coefficient (Wildman–Crippen LogP) is 2.07. The molecule has 2 rings (SSSR count). The molecule has 0 unspecified atom stereocenters. The van der Waals surface area contributed by atoms with Crippen molar-refractivity contribution in [1.82, 2.24) is 0 Å². The molecule has 18 heavy (non-hydrogen) atoms. The van der Waals surface area contributed by atoms with E-state index < -0.39 is 0 Å². The number of hydrogen-bond donors (Lipinski definition) is 3. The lowest BCUT2D eigenvalue weighted by atomic mass is 10.1. The Balaban J connectivity index is 2.24. The van der Waals surface area contributed by atoms with Gasteiger partial charge in [-0.1, -0.05) is 12.1 Å². The molecular weight excluding hydrogens is 224 g/mol. The summed E-state index contributed by atoms with van der Waals surface area (Å²) in [6, 6.07) is 13.3. The predicted molar refractivity (Wildman–Crippen MR) is 78.2 cm³/mol. The van der Waals surface area contributed by atoms with E-state index in [1.54, 1.807) is 6.07 Å². The van der Waals surface area contributed by atoms with E-state index >= 15 is 0 Å². The minimum Gasteiger partial charge on any atom is -0.399 e. The number of benzene rings is 2. The number of nitrogens with zero attached hydrogens (tertiary/aromatic N) is 1. The van der Waals surface area contributed by atoms with Crippen molar-refractivity contribution >= 4 is 22.7 Å². The fourth-order valence-electron chi connectivity index (χ4n) is 1.94. The lowest BCUT2D eigenvalue weighted by molar-refractivity contribution is 0.927. The Labute approximate surface area is 107 Å². The summed E-state index contributed by atoms with van der Waals surface area (Å²) in [5, 5.41) is 0. The van der Waals surface area contributed by atoms with E-state index in [-0.39, 0.29) is 0 Å². The van der Waals surface area contributed by atoms with Gasteiger partial charge in [0.2, 0.25) is 0 Å². The molecule has 0 aliphatic heterocycles. The molecule has 0 saturated carbocycles. The minimum absolute atomic E-state index is 0.672. The summed E-state index contributed by atoms with van der Waals surface area (Å²) >= 11 is 0. The first-order chi connectivity index (χ1) is 8.58. The van der Waals surface area contributed by atoms with Crippen LogP contribution < -0.4 is 22.1 Å². The van der Waals surface area contributed by atoms with E-state index in [4.69, 9.17) is 17.2 Å². The lowest BCUT2D eigenvalue weighted by Crippen LogP contribution is -2.18. The van der Waals surface area contributed by atoms with Gasteiger partial charge in [-0.15, -0.1) is 0 Å². The van der Waals surface area contributed by atoms with Gasteiger partial charge < -0.3 is 22.1 Å². The summed E-state index contributed by atoms with van der Waals surface area (Å²) in [6.45, 7) is 0.672. The van der Waals surface area contributed by atoms with E-state index in [1.807, 2.05) is 43.4 Å². The summed E-state index contributed by atoms with van der Waals surface area (Å²) in [5.74, 6) is 0. The van der Waals surface area contributed by atoms with Crippen LogP contribution in [0.15, 0.2) is 42.5 Å². The third-order valence-corrected chi connectivity index (χ3v) is 2.92. The molecule has 4 nitrogen and oxygen atoms in total. The fourth-order valence-corrected chi connectivity index (χ4v) is 1.94. The minimum atomic E-state index is 0.672. The highest BCUT2D eigenvalue weighted by atomic mass is 15.1. The number of para-hydroxylation sites is 2. The molecule has 0 aliphatic carbocycles. The molecule has 4 heteroatoms. The second kappa shape index (κ2) is 4.87. The Kier molecular flexibility index (Phi) is 3.28. The van der Waals surface area contributed by atoms with E-state index in [0.29, 0.717) is 12.2 Å². The van der Waals surface area contributed by atoms with E-state index in [1.165, 1.54) is 0 Å².